The molecule has 0 amide bonds. The summed E-state index contributed by atoms with van der Waals surface area (Å²) >= 11 is 0. The van der Waals surface area contributed by atoms with Crippen molar-refractivity contribution in [2.45, 2.75) is 9.79 Å². The molecule has 14 heteroatoms. The van der Waals surface area contributed by atoms with E-state index < -0.39 is 37.2 Å². The predicted octanol–water partition coefficient (Wildman–Crippen LogP) is -6.51. The van der Waals surface area contributed by atoms with Crippen molar-refractivity contribution in [3.8, 4) is 0 Å². The largest absolute Gasteiger partial charge is 1.00 e. The molecule has 162 valence electrons. The molecule has 0 fully saturated rings. The van der Waals surface area contributed by atoms with Gasteiger partial charge in [-0.15, -0.1) is 0 Å². The molecule has 4 N–H and O–H groups in total. The van der Waals surface area contributed by atoms with Gasteiger partial charge in [-0.3, -0.25) is 0 Å². The van der Waals surface area contributed by atoms with E-state index in [2.05, 4.69) is 0 Å². The Morgan fingerprint density at radius 1 is 0.531 bits per heavy atom. The van der Waals surface area contributed by atoms with E-state index in [1.165, 1.54) is 24.3 Å². The topological polar surface area (TPSA) is 194 Å². The van der Waals surface area contributed by atoms with Crippen LogP contribution in [0.15, 0.2) is 88.7 Å². The standard InChI is InChI=1S/C18H15O7PS2.2K.2H2O/c19-26(14-4-2-1-3-5-14,15-6-10-17(11-7-15)27(20,21)22)16-8-12-18(13-9-16)28(23,24)25;;;;/h1-13H,(H,20,21,22)(H,23,24,25);;;2*1H2/q;2*+1;;/p-2. The van der Waals surface area contributed by atoms with Crippen molar-refractivity contribution >= 4 is 43.3 Å². The average molecular weight is 551 g/mol. The number of hydrogen-bond donors (Lipinski definition) is 0. The third-order valence-electron chi connectivity index (χ3n) is 4.10. The predicted molar refractivity (Wildman–Crippen MR) is 109 cm³/mol. The second kappa shape index (κ2) is 13.8. The Kier molecular flexibility index (Phi) is 15.2. The molecule has 0 aliphatic carbocycles. The summed E-state index contributed by atoms with van der Waals surface area (Å²) in [7, 11) is -12.8. The van der Waals surface area contributed by atoms with Gasteiger partial charge in [-0.05, 0) is 48.5 Å². The van der Waals surface area contributed by atoms with Crippen LogP contribution in [0, 0.1) is 0 Å². The molecule has 9 nitrogen and oxygen atoms in total. The molecule has 0 aliphatic heterocycles. The van der Waals surface area contributed by atoms with Gasteiger partial charge in [-0.1, -0.05) is 30.3 Å². The fourth-order valence-electron chi connectivity index (χ4n) is 2.73. The van der Waals surface area contributed by atoms with Gasteiger partial charge in [0.25, 0.3) is 0 Å². The first kappa shape index (κ1) is 35.1. The van der Waals surface area contributed by atoms with Crippen LogP contribution in [0.4, 0.5) is 0 Å². The molecule has 3 aromatic rings. The summed E-state index contributed by atoms with van der Waals surface area (Å²) in [6.07, 6.45) is 0. The summed E-state index contributed by atoms with van der Waals surface area (Å²) in [4.78, 5) is -0.910. The van der Waals surface area contributed by atoms with Crippen LogP contribution in [0.5, 0.6) is 0 Å². The molecule has 0 unspecified atom stereocenters. The number of benzene rings is 3. The van der Waals surface area contributed by atoms with E-state index >= 15 is 0 Å². The van der Waals surface area contributed by atoms with Gasteiger partial charge in [0.05, 0.1) is 9.79 Å². The van der Waals surface area contributed by atoms with Crippen LogP contribution in [0.3, 0.4) is 0 Å². The van der Waals surface area contributed by atoms with Crippen molar-refractivity contribution < 1.29 is 144 Å². The van der Waals surface area contributed by atoms with E-state index in [1.807, 2.05) is 0 Å². The second-order valence-corrected chi connectivity index (χ2v) is 11.4. The van der Waals surface area contributed by atoms with Gasteiger partial charge in [0.2, 0.25) is 0 Å². The molecule has 0 atom stereocenters. The van der Waals surface area contributed by atoms with Crippen LogP contribution in [0.25, 0.3) is 0 Å². The number of rotatable bonds is 5. The summed E-state index contributed by atoms with van der Waals surface area (Å²) < 4.78 is 81.0. The summed E-state index contributed by atoms with van der Waals surface area (Å²) in [5.41, 5.74) is 0. The summed E-state index contributed by atoms with van der Waals surface area (Å²) in [6, 6.07) is 17.8. The Morgan fingerprint density at radius 3 is 1.09 bits per heavy atom. The normalized spacial score (nSPS) is 11.1. The summed E-state index contributed by atoms with van der Waals surface area (Å²) in [6.45, 7) is 0. The molecule has 0 spiro atoms. The molecule has 3 aromatic carbocycles. The van der Waals surface area contributed by atoms with Crippen LogP contribution in [0.2, 0.25) is 0 Å². The summed E-state index contributed by atoms with van der Waals surface area (Å²) in [5, 5.41) is 0.929. The minimum Gasteiger partial charge on any atom is -0.744 e. The molecule has 32 heavy (non-hydrogen) atoms. The van der Waals surface area contributed by atoms with E-state index in [9.17, 15) is 30.5 Å². The zero-order valence-corrected chi connectivity index (χ0v) is 25.9. The molecular formula is C18H17K2O9PS2. The van der Waals surface area contributed by atoms with Gasteiger partial charge in [0.15, 0.2) is 7.14 Å². The molecule has 0 radical (unpaired) electrons. The van der Waals surface area contributed by atoms with Crippen molar-refractivity contribution in [1.82, 2.24) is 0 Å². The van der Waals surface area contributed by atoms with Crippen molar-refractivity contribution in [2.24, 2.45) is 0 Å². The minimum absolute atomic E-state index is 0. The molecule has 0 aliphatic rings. The van der Waals surface area contributed by atoms with Gasteiger partial charge in [0.1, 0.15) is 20.2 Å². The minimum atomic E-state index is -4.66. The quantitative estimate of drug-likeness (QED) is 0.171. The van der Waals surface area contributed by atoms with Crippen LogP contribution >= 0.6 is 7.14 Å². The zero-order valence-electron chi connectivity index (χ0n) is 17.1. The maximum atomic E-state index is 14.1. The van der Waals surface area contributed by atoms with Gasteiger partial charge >= 0.3 is 103 Å². The fraction of sp³-hybridized carbons (Fsp3) is 0. The Balaban J connectivity index is 0. The zero-order chi connectivity index (χ0) is 20.6. The molecule has 0 aromatic heterocycles. The third kappa shape index (κ3) is 7.96. The Hall–Kier alpha value is 0.903. The van der Waals surface area contributed by atoms with Crippen LogP contribution < -0.4 is 119 Å². The van der Waals surface area contributed by atoms with Crippen molar-refractivity contribution in [3.63, 3.8) is 0 Å². The molecule has 0 bridgehead atoms. The first-order valence-corrected chi connectivity index (χ1v) is 12.3. The van der Waals surface area contributed by atoms with Gasteiger partial charge in [-0.25, -0.2) is 16.8 Å². The van der Waals surface area contributed by atoms with E-state index in [-0.39, 0.29) is 124 Å². The maximum Gasteiger partial charge on any atom is 1.00 e. The number of hydrogen-bond acceptors (Lipinski definition) is 7. The van der Waals surface area contributed by atoms with Crippen molar-refractivity contribution in [3.05, 3.63) is 78.9 Å². The molecular weight excluding hydrogens is 533 g/mol. The van der Waals surface area contributed by atoms with E-state index in [4.69, 9.17) is 0 Å². The molecule has 0 saturated heterocycles. The van der Waals surface area contributed by atoms with Crippen LogP contribution in [-0.4, -0.2) is 36.9 Å². The average Bonchev–Trinajstić information content (AvgIpc) is 2.67. The monoisotopic (exact) mass is 550 g/mol. The van der Waals surface area contributed by atoms with Crippen molar-refractivity contribution in [2.75, 3.05) is 0 Å². The van der Waals surface area contributed by atoms with Crippen molar-refractivity contribution in [1.29, 1.82) is 0 Å². The first-order valence-electron chi connectivity index (χ1n) is 7.82. The first-order chi connectivity index (χ1) is 13.0. The van der Waals surface area contributed by atoms with Crippen LogP contribution in [0.1, 0.15) is 0 Å². The Labute approximate surface area is 271 Å². The SMILES string of the molecule is O.O.O=P(c1ccccc1)(c1ccc(S(=O)(=O)[O-])cc1)c1ccc(S(=O)(=O)[O-])cc1.[K+].[K+]. The second-order valence-electron chi connectivity index (χ2n) is 5.84. The van der Waals surface area contributed by atoms with E-state index in [1.54, 1.807) is 30.3 Å². The Bertz CT molecular complexity index is 1180. The maximum absolute atomic E-state index is 14.1. The summed E-state index contributed by atoms with van der Waals surface area (Å²) in [5.74, 6) is 0. The van der Waals surface area contributed by atoms with E-state index in [0.29, 0.717) is 5.30 Å². The Morgan fingerprint density at radius 2 is 0.812 bits per heavy atom. The third-order valence-corrected chi connectivity index (χ3v) is 8.87. The molecule has 0 saturated carbocycles. The van der Waals surface area contributed by atoms with Gasteiger partial charge in [0, 0.05) is 15.9 Å². The smallest absolute Gasteiger partial charge is 0.744 e. The molecule has 3 rings (SSSR count). The molecule has 0 heterocycles. The van der Waals surface area contributed by atoms with Gasteiger partial charge < -0.3 is 24.6 Å². The fourth-order valence-corrected chi connectivity index (χ4v) is 6.29. The van der Waals surface area contributed by atoms with Crippen LogP contribution in [-0.2, 0) is 24.8 Å². The van der Waals surface area contributed by atoms with Gasteiger partial charge in [-0.2, -0.15) is 0 Å². The van der Waals surface area contributed by atoms with E-state index in [0.717, 1.165) is 24.3 Å².